The Kier molecular flexibility index (Phi) is 2.67. The Balaban J connectivity index is 2.69. The van der Waals surface area contributed by atoms with Gasteiger partial charge in [-0.05, 0) is 12.1 Å². The van der Waals surface area contributed by atoms with E-state index in [4.69, 9.17) is 11.6 Å². The first-order chi connectivity index (χ1) is 7.13. The number of benzene rings is 1. The van der Waals surface area contributed by atoms with Crippen molar-refractivity contribution in [2.45, 2.75) is 0 Å². The van der Waals surface area contributed by atoms with Crippen LogP contribution < -0.4 is 4.90 Å². The molecule has 1 aromatic carbocycles. The Hall–Kier alpha value is -1.06. The quantitative estimate of drug-likeness (QED) is 0.749. The van der Waals surface area contributed by atoms with Crippen molar-refractivity contribution < 1.29 is 4.79 Å². The number of carbonyl (C=O) groups excluding carboxylic acids is 1. The van der Waals surface area contributed by atoms with Gasteiger partial charge in [0.1, 0.15) is 4.34 Å². The average Bonchev–Trinajstić information content (AvgIpc) is 2.51. The lowest BCUT2D eigenvalue weighted by Gasteiger charge is -2.11. The number of anilines is 1. The summed E-state index contributed by atoms with van der Waals surface area (Å²) in [7, 11) is 3.97. The molecule has 2 aromatic rings. The molecule has 0 saturated carbocycles. The van der Waals surface area contributed by atoms with Gasteiger partial charge in [-0.1, -0.05) is 17.7 Å². The number of aldehydes is 1. The second kappa shape index (κ2) is 3.83. The molecule has 0 spiro atoms. The summed E-state index contributed by atoms with van der Waals surface area (Å²) in [5, 5.41) is 0.936. The van der Waals surface area contributed by atoms with Crippen LogP contribution in [0.4, 0.5) is 5.69 Å². The molecule has 0 radical (unpaired) electrons. The lowest BCUT2D eigenvalue weighted by molar-refractivity contribution is 0.112. The van der Waals surface area contributed by atoms with Crippen LogP contribution in [0.15, 0.2) is 18.2 Å². The molecule has 0 aliphatic carbocycles. The molecule has 1 heterocycles. The maximum absolute atomic E-state index is 10.8. The van der Waals surface area contributed by atoms with Gasteiger partial charge in [0, 0.05) is 29.9 Å². The highest BCUT2D eigenvalue weighted by molar-refractivity contribution is 7.23. The van der Waals surface area contributed by atoms with E-state index in [1.807, 2.05) is 37.2 Å². The van der Waals surface area contributed by atoms with E-state index in [-0.39, 0.29) is 0 Å². The van der Waals surface area contributed by atoms with Crippen LogP contribution in [0.2, 0.25) is 4.34 Å². The van der Waals surface area contributed by atoms with E-state index < -0.39 is 0 Å². The van der Waals surface area contributed by atoms with Crippen LogP contribution in [0.1, 0.15) is 10.4 Å². The van der Waals surface area contributed by atoms with Gasteiger partial charge >= 0.3 is 0 Å². The van der Waals surface area contributed by atoms with Crippen LogP contribution in [-0.2, 0) is 0 Å². The van der Waals surface area contributed by atoms with Crippen molar-refractivity contribution in [3.63, 3.8) is 0 Å². The van der Waals surface area contributed by atoms with E-state index in [1.165, 1.54) is 11.3 Å². The van der Waals surface area contributed by atoms with Crippen LogP contribution in [0.5, 0.6) is 0 Å². The van der Waals surface area contributed by atoms with Crippen molar-refractivity contribution in [1.29, 1.82) is 0 Å². The molecule has 15 heavy (non-hydrogen) atoms. The number of halogens is 1. The average molecular weight is 240 g/mol. The van der Waals surface area contributed by atoms with Gasteiger partial charge in [-0.3, -0.25) is 4.79 Å². The lowest BCUT2D eigenvalue weighted by atomic mass is 10.2. The maximum atomic E-state index is 10.8. The third kappa shape index (κ3) is 1.73. The minimum atomic E-state index is 0.566. The predicted molar refractivity (Wildman–Crippen MR) is 66.5 cm³/mol. The summed E-state index contributed by atoms with van der Waals surface area (Å²) in [6.07, 6.45) is 0.816. The van der Waals surface area contributed by atoms with Crippen molar-refractivity contribution >= 4 is 45.0 Å². The minimum Gasteiger partial charge on any atom is -0.378 e. The molecule has 2 rings (SSSR count). The molecule has 0 unspecified atom stereocenters. The Morgan fingerprint density at radius 1 is 1.40 bits per heavy atom. The van der Waals surface area contributed by atoms with Crippen LogP contribution >= 0.6 is 22.9 Å². The SMILES string of the molecule is CN(C)c1ccc2c(C=O)c(Cl)sc2c1. The van der Waals surface area contributed by atoms with Gasteiger partial charge in [0.25, 0.3) is 0 Å². The number of rotatable bonds is 2. The highest BCUT2D eigenvalue weighted by atomic mass is 35.5. The molecule has 0 aliphatic rings. The van der Waals surface area contributed by atoms with E-state index in [0.717, 1.165) is 22.1 Å². The zero-order valence-corrected chi connectivity index (χ0v) is 10.0. The van der Waals surface area contributed by atoms with E-state index in [1.54, 1.807) is 0 Å². The number of hydrogen-bond donors (Lipinski definition) is 0. The second-order valence-electron chi connectivity index (χ2n) is 3.48. The zero-order chi connectivity index (χ0) is 11.0. The topological polar surface area (TPSA) is 20.3 Å². The first kappa shape index (κ1) is 10.5. The van der Waals surface area contributed by atoms with E-state index in [0.29, 0.717) is 9.90 Å². The Morgan fingerprint density at radius 3 is 2.73 bits per heavy atom. The zero-order valence-electron chi connectivity index (χ0n) is 8.45. The molecular formula is C11H10ClNOS. The van der Waals surface area contributed by atoms with Crippen molar-refractivity contribution in [3.05, 3.63) is 28.1 Å². The molecule has 2 nitrogen and oxygen atoms in total. The van der Waals surface area contributed by atoms with Crippen molar-refractivity contribution in [2.24, 2.45) is 0 Å². The Morgan fingerprint density at radius 2 is 2.13 bits per heavy atom. The third-order valence-corrected chi connectivity index (χ3v) is 3.69. The summed E-state index contributed by atoms with van der Waals surface area (Å²) >= 11 is 7.42. The van der Waals surface area contributed by atoms with Gasteiger partial charge in [0.15, 0.2) is 6.29 Å². The van der Waals surface area contributed by atoms with Gasteiger partial charge in [-0.2, -0.15) is 0 Å². The fourth-order valence-electron chi connectivity index (χ4n) is 1.46. The standard InChI is InChI=1S/C11H10ClNOS/c1-13(2)7-3-4-8-9(6-14)11(12)15-10(8)5-7/h3-6H,1-2H3. The van der Waals surface area contributed by atoms with Crippen LogP contribution in [0.25, 0.3) is 10.1 Å². The van der Waals surface area contributed by atoms with E-state index >= 15 is 0 Å². The number of nitrogens with zero attached hydrogens (tertiary/aromatic N) is 1. The van der Waals surface area contributed by atoms with Crippen LogP contribution in [0, 0.1) is 0 Å². The molecule has 0 N–H and O–H groups in total. The third-order valence-electron chi connectivity index (χ3n) is 2.30. The molecule has 0 aliphatic heterocycles. The normalized spacial score (nSPS) is 10.6. The van der Waals surface area contributed by atoms with Crippen molar-refractivity contribution in [2.75, 3.05) is 19.0 Å². The summed E-state index contributed by atoms with van der Waals surface area (Å²) in [5.41, 5.74) is 1.71. The van der Waals surface area contributed by atoms with Gasteiger partial charge in [0.05, 0.1) is 5.56 Å². The highest BCUT2D eigenvalue weighted by Gasteiger charge is 2.10. The summed E-state index contributed by atoms with van der Waals surface area (Å²) in [6, 6.07) is 5.97. The molecule has 0 atom stereocenters. The van der Waals surface area contributed by atoms with E-state index in [9.17, 15) is 4.79 Å². The molecule has 0 fully saturated rings. The molecule has 0 saturated heterocycles. The van der Waals surface area contributed by atoms with Crippen LogP contribution in [-0.4, -0.2) is 20.4 Å². The maximum Gasteiger partial charge on any atom is 0.153 e. The fraction of sp³-hybridized carbons (Fsp3) is 0.182. The second-order valence-corrected chi connectivity index (χ2v) is 5.14. The number of thiophene rings is 1. The minimum absolute atomic E-state index is 0.566. The fourth-order valence-corrected chi connectivity index (χ4v) is 2.79. The van der Waals surface area contributed by atoms with Gasteiger partial charge in [-0.25, -0.2) is 0 Å². The van der Waals surface area contributed by atoms with E-state index in [2.05, 4.69) is 0 Å². The summed E-state index contributed by atoms with van der Waals surface area (Å²) in [5.74, 6) is 0. The predicted octanol–water partition coefficient (Wildman–Crippen LogP) is 3.43. The molecule has 78 valence electrons. The number of carbonyl (C=O) groups is 1. The smallest absolute Gasteiger partial charge is 0.153 e. The Bertz CT molecular complexity index is 519. The van der Waals surface area contributed by atoms with Gasteiger partial charge < -0.3 is 4.90 Å². The first-order valence-corrected chi connectivity index (χ1v) is 5.67. The summed E-state index contributed by atoms with van der Waals surface area (Å²) in [6.45, 7) is 0. The number of fused-ring (bicyclic) bond motifs is 1. The monoisotopic (exact) mass is 239 g/mol. The summed E-state index contributed by atoms with van der Waals surface area (Å²) in [4.78, 5) is 12.9. The molecule has 4 heteroatoms. The van der Waals surface area contributed by atoms with Crippen molar-refractivity contribution in [3.8, 4) is 0 Å². The van der Waals surface area contributed by atoms with Crippen molar-refractivity contribution in [1.82, 2.24) is 0 Å². The number of hydrogen-bond acceptors (Lipinski definition) is 3. The molecular weight excluding hydrogens is 230 g/mol. The highest BCUT2D eigenvalue weighted by Crippen LogP contribution is 2.35. The molecule has 1 aromatic heterocycles. The molecule has 0 bridgehead atoms. The lowest BCUT2D eigenvalue weighted by Crippen LogP contribution is -2.07. The summed E-state index contributed by atoms with van der Waals surface area (Å²) < 4.78 is 1.62. The van der Waals surface area contributed by atoms with Crippen LogP contribution in [0.3, 0.4) is 0 Å². The largest absolute Gasteiger partial charge is 0.378 e. The molecule has 0 amide bonds. The Labute approximate surface area is 97.1 Å². The van der Waals surface area contributed by atoms with Gasteiger partial charge in [0.2, 0.25) is 0 Å². The first-order valence-electron chi connectivity index (χ1n) is 4.48. The van der Waals surface area contributed by atoms with Gasteiger partial charge in [-0.15, -0.1) is 11.3 Å².